The maximum absolute atomic E-state index is 9.37. The molecule has 0 radical (unpaired) electrons. The van der Waals surface area contributed by atoms with Gasteiger partial charge in [0.05, 0.1) is 6.61 Å². The van der Waals surface area contributed by atoms with Crippen molar-refractivity contribution in [3.63, 3.8) is 0 Å². The van der Waals surface area contributed by atoms with Crippen LogP contribution in [-0.2, 0) is 12.8 Å². The van der Waals surface area contributed by atoms with Gasteiger partial charge in [0.25, 0.3) is 0 Å². The number of benzene rings is 1. The molecule has 1 aromatic carbocycles. The second kappa shape index (κ2) is 6.21. The van der Waals surface area contributed by atoms with Crippen molar-refractivity contribution < 1.29 is 9.84 Å². The predicted molar refractivity (Wildman–Crippen MR) is 72.9 cm³/mol. The minimum absolute atomic E-state index is 0.0295. The van der Waals surface area contributed by atoms with Crippen LogP contribution in [0.5, 0.6) is 5.75 Å². The Bertz CT molecular complexity index is 392. The van der Waals surface area contributed by atoms with Gasteiger partial charge in [-0.2, -0.15) is 0 Å². The third kappa shape index (κ3) is 3.03. The first-order valence-electron chi connectivity index (χ1n) is 6.89. The van der Waals surface area contributed by atoms with E-state index >= 15 is 0 Å². The molecule has 0 aliphatic heterocycles. The number of rotatable bonds is 6. The first-order chi connectivity index (χ1) is 8.74. The van der Waals surface area contributed by atoms with E-state index in [2.05, 4.69) is 19.1 Å². The lowest BCUT2D eigenvalue weighted by molar-refractivity contribution is 0.0916. The van der Waals surface area contributed by atoms with E-state index in [9.17, 15) is 5.11 Å². The minimum Gasteiger partial charge on any atom is -0.486 e. The van der Waals surface area contributed by atoms with Gasteiger partial charge in [0.1, 0.15) is 11.9 Å². The molecule has 1 aromatic rings. The van der Waals surface area contributed by atoms with E-state index < -0.39 is 0 Å². The molecule has 3 nitrogen and oxygen atoms in total. The monoisotopic (exact) mass is 249 g/mol. The van der Waals surface area contributed by atoms with Gasteiger partial charge in [-0.25, -0.2) is 0 Å². The average Bonchev–Trinajstić information content (AvgIpc) is 2.83. The molecule has 0 aromatic heterocycles. The molecule has 0 bridgehead atoms. The van der Waals surface area contributed by atoms with Crippen LogP contribution >= 0.6 is 0 Å². The molecule has 1 aliphatic carbocycles. The van der Waals surface area contributed by atoms with Crippen LogP contribution in [0.1, 0.15) is 37.3 Å². The van der Waals surface area contributed by atoms with E-state index in [-0.39, 0.29) is 18.8 Å². The van der Waals surface area contributed by atoms with Gasteiger partial charge >= 0.3 is 0 Å². The Labute approximate surface area is 109 Å². The van der Waals surface area contributed by atoms with E-state index in [4.69, 9.17) is 10.5 Å². The maximum Gasteiger partial charge on any atom is 0.137 e. The molecule has 18 heavy (non-hydrogen) atoms. The maximum atomic E-state index is 9.37. The molecule has 0 heterocycles. The van der Waals surface area contributed by atoms with Crippen LogP contribution in [0, 0.1) is 0 Å². The SMILES string of the molecule is CCCC(N)C(CO)Oc1ccc2c(c1)CCC2. The molecule has 0 saturated carbocycles. The van der Waals surface area contributed by atoms with Gasteiger partial charge in [0.2, 0.25) is 0 Å². The predicted octanol–water partition coefficient (Wildman–Crippen LogP) is 2.04. The van der Waals surface area contributed by atoms with E-state index in [1.165, 1.54) is 24.0 Å². The minimum atomic E-state index is -0.301. The third-order valence-electron chi connectivity index (χ3n) is 3.64. The Kier molecular flexibility index (Phi) is 4.61. The zero-order valence-electron chi connectivity index (χ0n) is 11.1. The Hall–Kier alpha value is -1.06. The van der Waals surface area contributed by atoms with Gasteiger partial charge in [0.15, 0.2) is 0 Å². The van der Waals surface area contributed by atoms with Crippen molar-refractivity contribution in [1.29, 1.82) is 0 Å². The summed E-state index contributed by atoms with van der Waals surface area (Å²) >= 11 is 0. The highest BCUT2D eigenvalue weighted by molar-refractivity contribution is 5.38. The van der Waals surface area contributed by atoms with Crippen molar-refractivity contribution >= 4 is 0 Å². The molecule has 1 aliphatic rings. The van der Waals surface area contributed by atoms with Crippen LogP contribution in [0.2, 0.25) is 0 Å². The molecule has 0 spiro atoms. The zero-order valence-corrected chi connectivity index (χ0v) is 11.1. The van der Waals surface area contributed by atoms with Crippen molar-refractivity contribution in [1.82, 2.24) is 0 Å². The Morgan fingerprint density at radius 2 is 2.11 bits per heavy atom. The molecule has 100 valence electrons. The van der Waals surface area contributed by atoms with Crippen molar-refractivity contribution in [2.75, 3.05) is 6.61 Å². The number of fused-ring (bicyclic) bond motifs is 1. The Balaban J connectivity index is 2.03. The summed E-state index contributed by atoms with van der Waals surface area (Å²) in [4.78, 5) is 0. The number of nitrogens with two attached hydrogens (primary N) is 1. The Morgan fingerprint density at radius 3 is 2.83 bits per heavy atom. The fourth-order valence-electron chi connectivity index (χ4n) is 2.58. The summed E-state index contributed by atoms with van der Waals surface area (Å²) in [7, 11) is 0. The highest BCUT2D eigenvalue weighted by Crippen LogP contribution is 2.26. The van der Waals surface area contributed by atoms with Crippen LogP contribution in [0.25, 0.3) is 0 Å². The summed E-state index contributed by atoms with van der Waals surface area (Å²) in [5.74, 6) is 0.834. The van der Waals surface area contributed by atoms with Gasteiger partial charge in [-0.15, -0.1) is 0 Å². The molecule has 2 unspecified atom stereocenters. The van der Waals surface area contributed by atoms with Gasteiger partial charge in [-0.3, -0.25) is 0 Å². The van der Waals surface area contributed by atoms with Crippen LogP contribution < -0.4 is 10.5 Å². The first kappa shape index (κ1) is 13.4. The van der Waals surface area contributed by atoms with Crippen LogP contribution in [0.3, 0.4) is 0 Å². The number of ether oxygens (including phenoxy) is 1. The summed E-state index contributed by atoms with van der Waals surface area (Å²) in [5, 5.41) is 9.37. The summed E-state index contributed by atoms with van der Waals surface area (Å²) in [6.07, 6.45) is 5.12. The number of hydrogen-bond donors (Lipinski definition) is 2. The van der Waals surface area contributed by atoms with Gasteiger partial charge in [-0.05, 0) is 48.9 Å². The standard InChI is InChI=1S/C15H23NO2/c1-2-4-14(16)15(10-17)18-13-8-7-11-5-3-6-12(11)9-13/h7-9,14-15,17H,2-6,10,16H2,1H3. The lowest BCUT2D eigenvalue weighted by atomic mass is 10.1. The summed E-state index contributed by atoms with van der Waals surface area (Å²) in [6, 6.07) is 6.13. The highest BCUT2D eigenvalue weighted by Gasteiger charge is 2.19. The van der Waals surface area contributed by atoms with Gasteiger partial charge < -0.3 is 15.6 Å². The van der Waals surface area contributed by atoms with E-state index in [0.717, 1.165) is 25.0 Å². The molecule has 0 fully saturated rings. The largest absolute Gasteiger partial charge is 0.486 e. The molecule has 0 amide bonds. The molecular weight excluding hydrogens is 226 g/mol. The summed E-state index contributed by atoms with van der Waals surface area (Å²) in [5.41, 5.74) is 8.83. The van der Waals surface area contributed by atoms with Crippen molar-refractivity contribution in [2.24, 2.45) is 5.73 Å². The average molecular weight is 249 g/mol. The van der Waals surface area contributed by atoms with Gasteiger partial charge in [0, 0.05) is 6.04 Å². The van der Waals surface area contributed by atoms with Crippen molar-refractivity contribution in [2.45, 2.75) is 51.2 Å². The number of aliphatic hydroxyl groups excluding tert-OH is 1. The molecule has 0 saturated heterocycles. The number of aliphatic hydroxyl groups is 1. The molecule has 2 rings (SSSR count). The van der Waals surface area contributed by atoms with Crippen molar-refractivity contribution in [3.8, 4) is 5.75 Å². The molecular formula is C15H23NO2. The topological polar surface area (TPSA) is 55.5 Å². The van der Waals surface area contributed by atoms with Crippen LogP contribution in [0.4, 0.5) is 0 Å². The second-order valence-electron chi connectivity index (χ2n) is 5.08. The van der Waals surface area contributed by atoms with E-state index in [1.807, 2.05) is 6.07 Å². The second-order valence-corrected chi connectivity index (χ2v) is 5.08. The zero-order chi connectivity index (χ0) is 13.0. The normalized spacial score (nSPS) is 17.3. The number of aryl methyl sites for hydroxylation is 2. The molecule has 2 atom stereocenters. The summed E-state index contributed by atoms with van der Waals surface area (Å²) < 4.78 is 5.83. The summed E-state index contributed by atoms with van der Waals surface area (Å²) in [6.45, 7) is 2.06. The van der Waals surface area contributed by atoms with E-state index in [0.29, 0.717) is 0 Å². The Morgan fingerprint density at radius 1 is 1.33 bits per heavy atom. The molecule has 3 N–H and O–H groups in total. The fourth-order valence-corrected chi connectivity index (χ4v) is 2.58. The lowest BCUT2D eigenvalue weighted by Crippen LogP contribution is -2.41. The molecule has 3 heteroatoms. The van der Waals surface area contributed by atoms with Crippen LogP contribution in [-0.4, -0.2) is 23.9 Å². The van der Waals surface area contributed by atoms with Gasteiger partial charge in [-0.1, -0.05) is 19.4 Å². The van der Waals surface area contributed by atoms with E-state index in [1.54, 1.807) is 0 Å². The first-order valence-corrected chi connectivity index (χ1v) is 6.89. The smallest absolute Gasteiger partial charge is 0.137 e. The quantitative estimate of drug-likeness (QED) is 0.811. The van der Waals surface area contributed by atoms with Crippen LogP contribution in [0.15, 0.2) is 18.2 Å². The highest BCUT2D eigenvalue weighted by atomic mass is 16.5. The fraction of sp³-hybridized carbons (Fsp3) is 0.600. The lowest BCUT2D eigenvalue weighted by Gasteiger charge is -2.23. The third-order valence-corrected chi connectivity index (χ3v) is 3.64. The number of hydrogen-bond acceptors (Lipinski definition) is 3. The van der Waals surface area contributed by atoms with Crippen molar-refractivity contribution in [3.05, 3.63) is 29.3 Å².